The first-order valence-corrected chi connectivity index (χ1v) is 11.6. The van der Waals surface area contributed by atoms with Gasteiger partial charge in [-0.3, -0.25) is 9.48 Å². The Morgan fingerprint density at radius 1 is 1.22 bits per heavy atom. The van der Waals surface area contributed by atoms with E-state index in [0.29, 0.717) is 18.0 Å². The van der Waals surface area contributed by atoms with Gasteiger partial charge < -0.3 is 14.8 Å². The fourth-order valence-electron chi connectivity index (χ4n) is 3.88. The van der Waals surface area contributed by atoms with Crippen LogP contribution in [0.25, 0.3) is 10.2 Å². The van der Waals surface area contributed by atoms with Crippen LogP contribution in [-0.2, 0) is 11.3 Å². The molecule has 4 aromatic rings. The Kier molecular flexibility index (Phi) is 5.92. The Morgan fingerprint density at radius 3 is 2.78 bits per heavy atom. The summed E-state index contributed by atoms with van der Waals surface area (Å²) in [5, 5.41) is 8.66. The number of aromatic nitrogens is 2. The van der Waals surface area contributed by atoms with Crippen molar-refractivity contribution >= 4 is 33.1 Å². The molecule has 1 aliphatic heterocycles. The summed E-state index contributed by atoms with van der Waals surface area (Å²) >= 11 is 1.47. The number of nitrogens with one attached hydrogen (secondary N) is 1. The van der Waals surface area contributed by atoms with Gasteiger partial charge in [0.2, 0.25) is 0 Å². The fraction of sp³-hybridized carbons (Fsp3) is 0.280. The predicted molar refractivity (Wildman–Crippen MR) is 127 cm³/mol. The summed E-state index contributed by atoms with van der Waals surface area (Å²) in [7, 11) is 0. The highest BCUT2D eigenvalue weighted by atomic mass is 32.1. The number of benzene rings is 2. The Hall–Kier alpha value is -3.16. The Morgan fingerprint density at radius 2 is 2.03 bits per heavy atom. The van der Waals surface area contributed by atoms with E-state index in [4.69, 9.17) is 9.47 Å². The molecule has 1 amide bonds. The molecular weight excluding hydrogens is 422 g/mol. The van der Waals surface area contributed by atoms with Crippen molar-refractivity contribution < 1.29 is 14.3 Å². The maximum absolute atomic E-state index is 12.9. The number of nitrogens with zero attached hydrogens (tertiary/aromatic N) is 2. The highest BCUT2D eigenvalue weighted by Crippen LogP contribution is 2.29. The molecule has 1 fully saturated rings. The molecule has 0 aliphatic carbocycles. The van der Waals surface area contributed by atoms with Gasteiger partial charge in [0.25, 0.3) is 5.91 Å². The third kappa shape index (κ3) is 4.54. The van der Waals surface area contributed by atoms with E-state index < -0.39 is 0 Å². The van der Waals surface area contributed by atoms with Gasteiger partial charge in [0.1, 0.15) is 17.2 Å². The number of hydrogen-bond donors (Lipinski definition) is 1. The molecule has 0 radical (unpaired) electrons. The molecule has 7 heteroatoms. The number of fused-ring (bicyclic) bond motifs is 1. The number of ether oxygens (including phenoxy) is 2. The fourth-order valence-corrected chi connectivity index (χ4v) is 4.94. The molecule has 1 unspecified atom stereocenters. The number of thiophene rings is 1. The molecule has 2 aromatic carbocycles. The first-order chi connectivity index (χ1) is 15.7. The molecule has 164 valence electrons. The van der Waals surface area contributed by atoms with Crippen molar-refractivity contribution in [3.05, 3.63) is 76.8 Å². The quantitative estimate of drug-likeness (QED) is 0.419. The second-order valence-electron chi connectivity index (χ2n) is 7.98. The second kappa shape index (κ2) is 9.14. The van der Waals surface area contributed by atoms with E-state index in [2.05, 4.69) is 22.5 Å². The average molecular weight is 448 g/mol. The number of carbonyl (C=O) groups excluding carboxylic acids is 1. The number of amides is 1. The standard InChI is InChI=1S/C25H25N3O3S/c1-17-22-14-23(32-25(22)28(27-17)15-18-6-3-2-4-7-18)24(29)26-19-9-11-20(12-10-19)31-16-21-8-5-13-30-21/h2-4,6-7,9-12,14,21H,5,8,13,15-16H2,1H3,(H,26,29). The minimum atomic E-state index is -0.120. The average Bonchev–Trinajstić information content (AvgIpc) is 3.54. The highest BCUT2D eigenvalue weighted by molar-refractivity contribution is 7.20. The lowest BCUT2D eigenvalue weighted by atomic mass is 10.2. The summed E-state index contributed by atoms with van der Waals surface area (Å²) < 4.78 is 13.3. The van der Waals surface area contributed by atoms with Crippen molar-refractivity contribution in [3.63, 3.8) is 0 Å². The van der Waals surface area contributed by atoms with Gasteiger partial charge in [-0.2, -0.15) is 5.10 Å². The zero-order valence-corrected chi connectivity index (χ0v) is 18.7. The van der Waals surface area contributed by atoms with Gasteiger partial charge in [-0.15, -0.1) is 11.3 Å². The van der Waals surface area contributed by atoms with Crippen molar-refractivity contribution in [3.8, 4) is 5.75 Å². The number of hydrogen-bond acceptors (Lipinski definition) is 5. The lowest BCUT2D eigenvalue weighted by molar-refractivity contribution is 0.0679. The third-order valence-electron chi connectivity index (χ3n) is 5.58. The molecule has 32 heavy (non-hydrogen) atoms. The summed E-state index contributed by atoms with van der Waals surface area (Å²) in [6, 6.07) is 19.6. The lowest BCUT2D eigenvalue weighted by Crippen LogP contribution is -2.16. The van der Waals surface area contributed by atoms with E-state index in [1.54, 1.807) is 0 Å². The molecule has 2 aromatic heterocycles. The maximum Gasteiger partial charge on any atom is 0.265 e. The normalized spacial score (nSPS) is 15.8. The van der Waals surface area contributed by atoms with Crippen LogP contribution in [0.5, 0.6) is 5.75 Å². The predicted octanol–water partition coefficient (Wildman–Crippen LogP) is 5.26. The summed E-state index contributed by atoms with van der Waals surface area (Å²) in [5.74, 6) is 0.655. The van der Waals surface area contributed by atoms with Crippen LogP contribution < -0.4 is 10.1 Å². The van der Waals surface area contributed by atoms with E-state index in [-0.39, 0.29) is 12.0 Å². The summed E-state index contributed by atoms with van der Waals surface area (Å²) in [4.78, 5) is 14.5. The molecule has 1 N–H and O–H groups in total. The van der Waals surface area contributed by atoms with Crippen LogP contribution >= 0.6 is 11.3 Å². The number of rotatable bonds is 7. The van der Waals surface area contributed by atoms with Gasteiger partial charge in [0.15, 0.2) is 0 Å². The van der Waals surface area contributed by atoms with Crippen LogP contribution in [-0.4, -0.2) is 35.0 Å². The molecule has 6 nitrogen and oxygen atoms in total. The van der Waals surface area contributed by atoms with Crippen molar-refractivity contribution in [2.75, 3.05) is 18.5 Å². The number of aryl methyl sites for hydroxylation is 1. The van der Waals surface area contributed by atoms with Gasteiger partial charge in [-0.05, 0) is 55.7 Å². The van der Waals surface area contributed by atoms with Gasteiger partial charge in [0, 0.05) is 17.7 Å². The van der Waals surface area contributed by atoms with Gasteiger partial charge in [0.05, 0.1) is 23.2 Å². The van der Waals surface area contributed by atoms with Crippen LogP contribution in [0.4, 0.5) is 5.69 Å². The molecule has 5 rings (SSSR count). The van der Waals surface area contributed by atoms with E-state index in [1.165, 1.54) is 16.9 Å². The lowest BCUT2D eigenvalue weighted by Gasteiger charge is -2.12. The Bertz CT molecular complexity index is 1210. The minimum Gasteiger partial charge on any atom is -0.491 e. The SMILES string of the molecule is Cc1nn(Cc2ccccc2)c2sc(C(=O)Nc3ccc(OCC4CCCO4)cc3)cc12. The third-order valence-corrected chi connectivity index (χ3v) is 6.73. The van der Waals surface area contributed by atoms with E-state index in [1.807, 2.05) is 60.1 Å². The molecular formula is C25H25N3O3S. The zero-order valence-electron chi connectivity index (χ0n) is 17.9. The zero-order chi connectivity index (χ0) is 21.9. The topological polar surface area (TPSA) is 65.4 Å². The Balaban J connectivity index is 1.26. The highest BCUT2D eigenvalue weighted by Gasteiger charge is 2.18. The summed E-state index contributed by atoms with van der Waals surface area (Å²) in [6.07, 6.45) is 2.33. The molecule has 0 spiro atoms. The van der Waals surface area contributed by atoms with E-state index in [0.717, 1.165) is 46.8 Å². The first-order valence-electron chi connectivity index (χ1n) is 10.8. The van der Waals surface area contributed by atoms with Crippen LogP contribution in [0, 0.1) is 6.92 Å². The summed E-state index contributed by atoms with van der Waals surface area (Å²) in [6.45, 7) is 4.04. The first kappa shape index (κ1) is 20.7. The largest absolute Gasteiger partial charge is 0.491 e. The Labute approximate surface area is 190 Å². The van der Waals surface area contributed by atoms with Crippen LogP contribution in [0.15, 0.2) is 60.7 Å². The molecule has 0 saturated carbocycles. The smallest absolute Gasteiger partial charge is 0.265 e. The van der Waals surface area contributed by atoms with Crippen molar-refractivity contribution in [2.45, 2.75) is 32.4 Å². The summed E-state index contributed by atoms with van der Waals surface area (Å²) in [5.41, 5.74) is 2.84. The maximum atomic E-state index is 12.9. The van der Waals surface area contributed by atoms with E-state index >= 15 is 0 Å². The molecule has 1 aliphatic rings. The molecule has 3 heterocycles. The monoisotopic (exact) mass is 447 g/mol. The molecule has 1 atom stereocenters. The van der Waals surface area contributed by atoms with Crippen LogP contribution in [0.1, 0.15) is 33.8 Å². The van der Waals surface area contributed by atoms with Crippen LogP contribution in [0.2, 0.25) is 0 Å². The minimum absolute atomic E-state index is 0.120. The van der Waals surface area contributed by atoms with Gasteiger partial charge in [-0.25, -0.2) is 0 Å². The number of carbonyl (C=O) groups is 1. The second-order valence-corrected chi connectivity index (χ2v) is 9.01. The van der Waals surface area contributed by atoms with E-state index in [9.17, 15) is 4.79 Å². The number of anilines is 1. The van der Waals surface area contributed by atoms with Crippen LogP contribution in [0.3, 0.4) is 0 Å². The van der Waals surface area contributed by atoms with Crippen molar-refractivity contribution in [1.82, 2.24) is 9.78 Å². The van der Waals surface area contributed by atoms with Gasteiger partial charge >= 0.3 is 0 Å². The van der Waals surface area contributed by atoms with Crippen molar-refractivity contribution in [1.29, 1.82) is 0 Å². The van der Waals surface area contributed by atoms with Crippen molar-refractivity contribution in [2.24, 2.45) is 0 Å². The van der Waals surface area contributed by atoms with Gasteiger partial charge in [-0.1, -0.05) is 30.3 Å². The molecule has 1 saturated heterocycles. The molecule has 0 bridgehead atoms.